The van der Waals surface area contributed by atoms with E-state index < -0.39 is 160 Å². The highest BCUT2D eigenvalue weighted by molar-refractivity contribution is 7.92. The molecule has 0 spiro atoms. The summed E-state index contributed by atoms with van der Waals surface area (Å²) in [6, 6.07) is 70.0. The first-order valence-electron chi connectivity index (χ1n) is 44.2. The summed E-state index contributed by atoms with van der Waals surface area (Å²) < 4.78 is 123. The minimum Gasteiger partial charge on any atom is -0.458 e. The van der Waals surface area contributed by atoms with Crippen LogP contribution in [0, 0.1) is 5.92 Å². The van der Waals surface area contributed by atoms with Crippen molar-refractivity contribution in [2.24, 2.45) is 5.92 Å². The van der Waals surface area contributed by atoms with Crippen molar-refractivity contribution in [3.05, 3.63) is 253 Å². The van der Waals surface area contributed by atoms with Crippen LogP contribution in [-0.4, -0.2) is 193 Å². The molecular formula is C100H130O19SSi3. The fourth-order valence-electron chi connectivity index (χ4n) is 19.7. The topological polar surface area (TPSA) is 226 Å². The van der Waals surface area contributed by atoms with Gasteiger partial charge in [-0.15, -0.1) is 5.73 Å². The van der Waals surface area contributed by atoms with Crippen molar-refractivity contribution in [2.75, 3.05) is 27.9 Å². The number of fused-ring (bicyclic) bond motifs is 2. The van der Waals surface area contributed by atoms with Crippen molar-refractivity contribution < 1.29 is 88.6 Å². The molecule has 7 aromatic carbocycles. The summed E-state index contributed by atoms with van der Waals surface area (Å²) in [4.78, 5) is 43.1. The number of aliphatic hydroxyl groups is 1. The lowest BCUT2D eigenvalue weighted by atomic mass is 9.85. The zero-order valence-corrected chi connectivity index (χ0v) is 77.9. The van der Waals surface area contributed by atoms with E-state index in [1.807, 2.05) is 79.7 Å². The lowest BCUT2D eigenvalue weighted by molar-refractivity contribution is -0.254. The van der Waals surface area contributed by atoms with Crippen LogP contribution in [0.25, 0.3) is 0 Å². The highest BCUT2D eigenvalue weighted by Crippen LogP contribution is 2.50. The van der Waals surface area contributed by atoms with Gasteiger partial charge in [0.25, 0.3) is 16.6 Å². The largest absolute Gasteiger partial charge is 0.458 e. The zero-order valence-electron chi connectivity index (χ0n) is 74.1. The van der Waals surface area contributed by atoms with Crippen LogP contribution in [0.15, 0.2) is 247 Å². The van der Waals surface area contributed by atoms with Gasteiger partial charge in [0.05, 0.1) is 76.2 Å². The second-order valence-corrected chi connectivity index (χ2v) is 51.5. The molecule has 5 fully saturated rings. The van der Waals surface area contributed by atoms with Crippen LogP contribution < -0.4 is 20.7 Å². The molecule has 0 radical (unpaired) electrons. The van der Waals surface area contributed by atoms with Gasteiger partial charge >= 0.3 is 11.9 Å². The molecule has 5 heterocycles. The SMILES string of the molecule is C=C=C(C)C[C@H](CC[C@@H]1O[C@@H](CC(C(O)C[C@H]2O[C@H]3[C@@H](O[Si](c4ccccc4)(c4ccccc4)C(C)(C)C)[C@H]4O[C@@H](CC(=O)C[C@@H]5[C@@H](OC)[C@@H](C[C@H](COC(=O)c6ccccc6)OC(=O)c6ccccc6)O[C@H]5CC(OC)OC)CC[C@@H]4O[C@H]3[C@H]2O[Si](c2ccccc2)(c2ccccc2)C(C)(C)C)S(=O)(=O)c2ccccc2)CC1=C)O[Si](CC)(CC)CC. The molecule has 12 rings (SSSR count). The van der Waals surface area contributed by atoms with Crippen molar-refractivity contribution in [3.63, 3.8) is 0 Å². The maximum atomic E-state index is 15.9. The molecule has 23 heteroatoms. The number of rotatable bonds is 41. The Labute approximate surface area is 733 Å². The quantitative estimate of drug-likeness (QED) is 0.0124. The van der Waals surface area contributed by atoms with Gasteiger partial charge < -0.3 is 65.8 Å². The minimum absolute atomic E-state index is 0.0188. The van der Waals surface area contributed by atoms with E-state index in [0.717, 1.165) is 50.0 Å². The summed E-state index contributed by atoms with van der Waals surface area (Å²) in [6.07, 6.45) is -10.6. The Kier molecular flexibility index (Phi) is 32.7. The third-order valence-corrected chi connectivity index (χ3v) is 43.3. The molecule has 0 amide bonds. The van der Waals surface area contributed by atoms with Crippen molar-refractivity contribution in [1.82, 2.24) is 0 Å². The van der Waals surface area contributed by atoms with E-state index in [1.54, 1.807) is 112 Å². The summed E-state index contributed by atoms with van der Waals surface area (Å²) in [5.74, 6) is -1.93. The fourth-order valence-corrected chi connectivity index (χ4v) is 33.9. The minimum atomic E-state index is -4.36. The molecule has 5 aliphatic rings. The van der Waals surface area contributed by atoms with Gasteiger partial charge in [0.1, 0.15) is 49.0 Å². The summed E-state index contributed by atoms with van der Waals surface area (Å²) in [5.41, 5.74) is 5.63. The second-order valence-electron chi connectivity index (χ2n) is 36.1. The molecule has 5 aliphatic heterocycles. The van der Waals surface area contributed by atoms with E-state index >= 15 is 13.2 Å². The third kappa shape index (κ3) is 21.9. The Morgan fingerprint density at radius 1 is 0.545 bits per heavy atom. The van der Waals surface area contributed by atoms with Crippen LogP contribution in [0.1, 0.15) is 167 Å². The van der Waals surface area contributed by atoms with Gasteiger partial charge in [-0.1, -0.05) is 251 Å². The Bertz CT molecular complexity index is 4610. The summed E-state index contributed by atoms with van der Waals surface area (Å²) in [7, 11) is -9.05. The molecule has 5 saturated heterocycles. The lowest BCUT2D eigenvalue weighted by Gasteiger charge is -2.53. The number of ketones is 1. The van der Waals surface area contributed by atoms with E-state index in [4.69, 9.17) is 60.6 Å². The number of hydrogen-bond donors (Lipinski definition) is 1. The monoisotopic (exact) mass is 1750 g/mol. The molecule has 0 saturated carbocycles. The number of esters is 2. The predicted molar refractivity (Wildman–Crippen MR) is 486 cm³/mol. The molecule has 0 aromatic heterocycles. The molecule has 19 nitrogen and oxygen atoms in total. The van der Waals surface area contributed by atoms with E-state index in [9.17, 15) is 14.7 Å². The second kappa shape index (κ2) is 42.4. The number of aliphatic hydroxyl groups excluding tert-OH is 1. The van der Waals surface area contributed by atoms with Gasteiger partial charge in [-0.25, -0.2) is 18.0 Å². The van der Waals surface area contributed by atoms with E-state index in [0.29, 0.717) is 49.7 Å². The van der Waals surface area contributed by atoms with Gasteiger partial charge in [-0.2, -0.15) is 0 Å². The predicted octanol–water partition coefficient (Wildman–Crippen LogP) is 16.2. The van der Waals surface area contributed by atoms with Crippen molar-refractivity contribution in [1.29, 1.82) is 0 Å². The van der Waals surface area contributed by atoms with Crippen LogP contribution in [0.2, 0.25) is 28.2 Å². The van der Waals surface area contributed by atoms with Crippen molar-refractivity contribution in [3.8, 4) is 0 Å². The average molecular weight is 1750 g/mol. The first kappa shape index (κ1) is 94.7. The van der Waals surface area contributed by atoms with Crippen molar-refractivity contribution >= 4 is 73.3 Å². The number of carbonyl (C=O) groups is 3. The first-order chi connectivity index (χ1) is 59.1. The first-order valence-corrected chi connectivity index (χ1v) is 52.1. The maximum Gasteiger partial charge on any atom is 0.338 e. The lowest BCUT2D eigenvalue weighted by Crippen LogP contribution is -2.73. The highest BCUT2D eigenvalue weighted by atomic mass is 32.2. The molecule has 7 aromatic rings. The molecule has 2 unspecified atom stereocenters. The number of methoxy groups -OCH3 is 3. The molecule has 123 heavy (non-hydrogen) atoms. The molecule has 18 atom stereocenters. The summed E-state index contributed by atoms with van der Waals surface area (Å²) in [5, 5.41) is 15.2. The summed E-state index contributed by atoms with van der Waals surface area (Å²) in [6.45, 7) is 30.3. The van der Waals surface area contributed by atoms with Crippen LogP contribution in [0.4, 0.5) is 0 Å². The number of ether oxygens (including phenoxy) is 10. The van der Waals surface area contributed by atoms with Crippen LogP contribution in [-0.2, 0) is 75.3 Å². The van der Waals surface area contributed by atoms with Gasteiger partial charge in [-0.05, 0) is 142 Å². The van der Waals surface area contributed by atoms with Crippen molar-refractivity contribution in [2.45, 2.75) is 289 Å². The number of sulfone groups is 1. The number of benzene rings is 7. The Morgan fingerprint density at radius 3 is 1.53 bits per heavy atom. The van der Waals surface area contributed by atoms with E-state index in [1.165, 1.54) is 0 Å². The number of Topliss-reactive ketones (excluding diaryl/α,β-unsaturated/α-hetero) is 1. The van der Waals surface area contributed by atoms with Gasteiger partial charge in [-0.3, -0.25) is 4.79 Å². The molecule has 0 aliphatic carbocycles. The number of hydrogen-bond acceptors (Lipinski definition) is 19. The van der Waals surface area contributed by atoms with Gasteiger partial charge in [0.15, 0.2) is 24.4 Å². The number of carbonyl (C=O) groups excluding carboxylic acids is 3. The van der Waals surface area contributed by atoms with Gasteiger partial charge in [0.2, 0.25) is 0 Å². The van der Waals surface area contributed by atoms with Crippen LogP contribution >= 0.6 is 0 Å². The molecule has 662 valence electrons. The van der Waals surface area contributed by atoms with Crippen LogP contribution in [0.5, 0.6) is 0 Å². The molecule has 1 N–H and O–H groups in total. The van der Waals surface area contributed by atoms with Crippen LogP contribution in [0.3, 0.4) is 0 Å². The highest BCUT2D eigenvalue weighted by Gasteiger charge is 2.65. The fraction of sp³-hybridized carbons (Fsp3) is 0.500. The average Bonchev–Trinajstić information content (AvgIpc) is 1.63. The molecule has 0 bridgehead atoms. The smallest absolute Gasteiger partial charge is 0.338 e. The molecular weight excluding hydrogens is 1620 g/mol. The normalized spacial score (nSPS) is 24.8. The third-order valence-electron chi connectivity index (χ3n) is 26.3. The Hall–Kier alpha value is -7.47. The van der Waals surface area contributed by atoms with E-state index in [2.05, 4.69) is 130 Å². The Balaban J connectivity index is 0.914. The summed E-state index contributed by atoms with van der Waals surface area (Å²) >= 11 is 0. The standard InChI is InChI=1S/C100H130O19SSi3/c1-16-68(5)59-74(117-121(17-2,18-3)19-4)56-57-84-69(6)60-75(111-84)64-89(120(105,106)77-45-31-22-32-46-77)83(102)65-88-93(118-122(99(7,8)9,78-47-33-23-34-48-78)79-49-35-24-36-50-79)94-95(116-88)96(119-123(100(10,11)12,80-51-37-25-38-52-80)81-53-39-26-40-54-81)92-85(115-94)58-55-73(112-92)61-72(101)62-82-86(66-90(107-13)108-14)114-87(91(82)109-15)63-76(113-98(104)71-43-29-21-30-44-71)67-110-97(103)70-41-27-20-28-42-70/h20-54,73-76,82-96,102H,1,6,17-19,55-67H2,2-5,7-15H3/t73-,74+,75-,76-,82+,83?,84+,85+,86+,87-,88-,89?,91-,92+,93+,94+,95-,96+/m1/s1. The van der Waals surface area contributed by atoms with E-state index in [-0.39, 0.29) is 68.0 Å². The maximum absolute atomic E-state index is 15.9. The zero-order chi connectivity index (χ0) is 87.9. The Morgan fingerprint density at radius 2 is 1.03 bits per heavy atom. The van der Waals surface area contributed by atoms with Gasteiger partial charge in [0, 0.05) is 71.9 Å².